The molecule has 1 aromatic heterocycles. The molecule has 0 radical (unpaired) electrons. The minimum Gasteiger partial charge on any atom is -0.490 e. The van der Waals surface area contributed by atoms with Crippen LogP contribution >= 0.6 is 0 Å². The maximum Gasteiger partial charge on any atom is 0.313 e. The Morgan fingerprint density at radius 3 is 2.52 bits per heavy atom. The zero-order chi connectivity index (χ0) is 18.0. The largest absolute Gasteiger partial charge is 0.490 e. The second kappa shape index (κ2) is 6.98. The van der Waals surface area contributed by atoms with Crippen LogP contribution in [0.4, 0.5) is 22.7 Å². The summed E-state index contributed by atoms with van der Waals surface area (Å²) in [7, 11) is 5.36. The smallest absolute Gasteiger partial charge is 0.313 e. The molecule has 9 nitrogen and oxygen atoms in total. The van der Waals surface area contributed by atoms with Crippen LogP contribution in [-0.2, 0) is 7.05 Å². The first-order chi connectivity index (χ1) is 12.0. The number of methoxy groups -OCH3 is 1. The van der Waals surface area contributed by atoms with Crippen LogP contribution in [0.3, 0.4) is 0 Å². The van der Waals surface area contributed by atoms with Gasteiger partial charge in [0.05, 0.1) is 35.3 Å². The third-order valence-electron chi connectivity index (χ3n) is 4.32. The molecule has 0 aliphatic carbocycles. The van der Waals surface area contributed by atoms with E-state index in [2.05, 4.69) is 27.3 Å². The standard InChI is InChI=1S/C16H22N6O3/c1-19-4-6-21(7-5-19)14-9-16(25-3)15(22(23)24)8-13(14)18-12-10-17-20(2)11-12/h8-11,18H,4-7H2,1-3H3. The third-order valence-corrected chi connectivity index (χ3v) is 4.32. The first kappa shape index (κ1) is 17.0. The van der Waals surface area contributed by atoms with Crippen molar-refractivity contribution in [2.75, 3.05) is 50.6 Å². The van der Waals surface area contributed by atoms with E-state index in [0.29, 0.717) is 5.69 Å². The van der Waals surface area contributed by atoms with Crippen molar-refractivity contribution in [3.63, 3.8) is 0 Å². The van der Waals surface area contributed by atoms with Gasteiger partial charge in [0, 0.05) is 51.6 Å². The lowest BCUT2D eigenvalue weighted by molar-refractivity contribution is -0.385. The molecule has 1 aromatic carbocycles. The molecule has 134 valence electrons. The van der Waals surface area contributed by atoms with E-state index < -0.39 is 4.92 Å². The van der Waals surface area contributed by atoms with E-state index in [4.69, 9.17) is 4.74 Å². The van der Waals surface area contributed by atoms with E-state index >= 15 is 0 Å². The Hall–Kier alpha value is -2.81. The van der Waals surface area contributed by atoms with Gasteiger partial charge in [-0.1, -0.05) is 0 Å². The van der Waals surface area contributed by atoms with Crippen LogP contribution in [0.2, 0.25) is 0 Å². The number of benzene rings is 1. The summed E-state index contributed by atoms with van der Waals surface area (Å²) < 4.78 is 6.92. The molecular formula is C16H22N6O3. The number of hydrogen-bond donors (Lipinski definition) is 1. The van der Waals surface area contributed by atoms with Crippen molar-refractivity contribution in [1.82, 2.24) is 14.7 Å². The molecule has 1 aliphatic heterocycles. The first-order valence-corrected chi connectivity index (χ1v) is 8.03. The summed E-state index contributed by atoms with van der Waals surface area (Å²) in [4.78, 5) is 15.4. The zero-order valence-electron chi connectivity index (χ0n) is 14.6. The fraction of sp³-hybridized carbons (Fsp3) is 0.438. The molecular weight excluding hydrogens is 324 g/mol. The van der Waals surface area contributed by atoms with Gasteiger partial charge in [-0.2, -0.15) is 5.10 Å². The fourth-order valence-corrected chi connectivity index (χ4v) is 2.91. The Morgan fingerprint density at radius 2 is 1.96 bits per heavy atom. The van der Waals surface area contributed by atoms with Gasteiger partial charge in [-0.15, -0.1) is 0 Å². The highest BCUT2D eigenvalue weighted by Gasteiger charge is 2.24. The van der Waals surface area contributed by atoms with Crippen LogP contribution in [0.25, 0.3) is 0 Å². The van der Waals surface area contributed by atoms with Gasteiger partial charge in [0.25, 0.3) is 0 Å². The molecule has 2 aromatic rings. The normalized spacial score (nSPS) is 15.2. The van der Waals surface area contributed by atoms with Crippen molar-refractivity contribution < 1.29 is 9.66 Å². The molecule has 0 bridgehead atoms. The van der Waals surface area contributed by atoms with E-state index in [0.717, 1.165) is 37.6 Å². The van der Waals surface area contributed by atoms with Crippen molar-refractivity contribution in [1.29, 1.82) is 0 Å². The Morgan fingerprint density at radius 1 is 1.24 bits per heavy atom. The number of piperazine rings is 1. The Bertz CT molecular complexity index is 767. The number of anilines is 3. The monoisotopic (exact) mass is 346 g/mol. The second-order valence-corrected chi connectivity index (χ2v) is 6.12. The minimum atomic E-state index is -0.430. The predicted octanol–water partition coefficient (Wildman–Crippen LogP) is 1.83. The summed E-state index contributed by atoms with van der Waals surface area (Å²) in [5.74, 6) is 0.260. The fourth-order valence-electron chi connectivity index (χ4n) is 2.91. The van der Waals surface area contributed by atoms with Gasteiger partial charge in [-0.05, 0) is 7.05 Å². The van der Waals surface area contributed by atoms with Gasteiger partial charge in [0.2, 0.25) is 0 Å². The highest BCUT2D eigenvalue weighted by molar-refractivity contribution is 5.80. The van der Waals surface area contributed by atoms with Gasteiger partial charge < -0.3 is 19.9 Å². The summed E-state index contributed by atoms with van der Waals surface area (Å²) in [5, 5.41) is 18.8. The third kappa shape index (κ3) is 3.66. The molecule has 1 aliphatic rings. The van der Waals surface area contributed by atoms with E-state index in [-0.39, 0.29) is 11.4 Å². The Kier molecular flexibility index (Phi) is 4.75. The molecule has 0 spiro atoms. The number of rotatable bonds is 5. The van der Waals surface area contributed by atoms with E-state index in [1.54, 1.807) is 16.9 Å². The topological polar surface area (TPSA) is 88.7 Å². The minimum absolute atomic E-state index is 0.0632. The number of nitro groups is 1. The van der Waals surface area contributed by atoms with Crippen molar-refractivity contribution in [2.24, 2.45) is 7.05 Å². The number of hydrogen-bond acceptors (Lipinski definition) is 7. The van der Waals surface area contributed by atoms with E-state index in [1.807, 2.05) is 13.2 Å². The van der Waals surface area contributed by atoms with Crippen LogP contribution in [-0.4, -0.2) is 59.9 Å². The molecule has 0 atom stereocenters. The summed E-state index contributed by atoms with van der Waals surface area (Å²) in [6, 6.07) is 3.27. The number of nitro benzene ring substituents is 1. The maximum atomic E-state index is 11.4. The summed E-state index contributed by atoms with van der Waals surface area (Å²) >= 11 is 0. The highest BCUT2D eigenvalue weighted by atomic mass is 16.6. The van der Waals surface area contributed by atoms with Gasteiger partial charge in [0.15, 0.2) is 5.75 Å². The zero-order valence-corrected chi connectivity index (χ0v) is 14.6. The second-order valence-electron chi connectivity index (χ2n) is 6.12. The van der Waals surface area contributed by atoms with Gasteiger partial charge in [-0.25, -0.2) is 0 Å². The van der Waals surface area contributed by atoms with Crippen molar-refractivity contribution in [3.8, 4) is 5.75 Å². The molecule has 0 unspecified atom stereocenters. The predicted molar refractivity (Wildman–Crippen MR) is 95.8 cm³/mol. The lowest BCUT2D eigenvalue weighted by Gasteiger charge is -2.35. The molecule has 0 amide bonds. The number of ether oxygens (including phenoxy) is 1. The molecule has 1 N–H and O–H groups in total. The molecule has 1 fully saturated rings. The van der Waals surface area contributed by atoms with Crippen LogP contribution in [0.1, 0.15) is 0 Å². The van der Waals surface area contributed by atoms with Crippen LogP contribution in [0.15, 0.2) is 24.5 Å². The average molecular weight is 346 g/mol. The number of aromatic nitrogens is 2. The number of aryl methyl sites for hydroxylation is 1. The number of likely N-dealkylation sites (N-methyl/N-ethyl adjacent to an activating group) is 1. The molecule has 0 saturated carbocycles. The van der Waals surface area contributed by atoms with E-state index in [1.165, 1.54) is 13.2 Å². The molecule has 1 saturated heterocycles. The van der Waals surface area contributed by atoms with Crippen molar-refractivity contribution in [3.05, 3.63) is 34.6 Å². The average Bonchev–Trinajstić information content (AvgIpc) is 3.00. The van der Waals surface area contributed by atoms with Crippen LogP contribution < -0.4 is 15.0 Å². The highest BCUT2D eigenvalue weighted by Crippen LogP contribution is 2.39. The van der Waals surface area contributed by atoms with Gasteiger partial charge in [0.1, 0.15) is 0 Å². The van der Waals surface area contributed by atoms with Crippen LogP contribution in [0, 0.1) is 10.1 Å². The molecule has 3 rings (SSSR count). The number of nitrogens with one attached hydrogen (secondary N) is 1. The Labute approximate surface area is 145 Å². The first-order valence-electron chi connectivity index (χ1n) is 8.03. The van der Waals surface area contributed by atoms with E-state index in [9.17, 15) is 10.1 Å². The molecule has 9 heteroatoms. The summed E-state index contributed by atoms with van der Waals surface area (Å²) in [5.41, 5.74) is 2.27. The van der Waals surface area contributed by atoms with Crippen molar-refractivity contribution in [2.45, 2.75) is 0 Å². The van der Waals surface area contributed by atoms with Crippen molar-refractivity contribution >= 4 is 22.7 Å². The van der Waals surface area contributed by atoms with Gasteiger partial charge in [-0.3, -0.25) is 14.8 Å². The molecule has 2 heterocycles. The Balaban J connectivity index is 2.01. The summed E-state index contributed by atoms with van der Waals surface area (Å²) in [6.07, 6.45) is 3.51. The van der Waals surface area contributed by atoms with Crippen LogP contribution in [0.5, 0.6) is 5.75 Å². The lowest BCUT2D eigenvalue weighted by Crippen LogP contribution is -2.44. The lowest BCUT2D eigenvalue weighted by atomic mass is 10.1. The quantitative estimate of drug-likeness (QED) is 0.652. The van der Waals surface area contributed by atoms with Gasteiger partial charge >= 0.3 is 5.69 Å². The SMILES string of the molecule is COc1cc(N2CCN(C)CC2)c(Nc2cnn(C)c2)cc1[N+](=O)[O-]. The summed E-state index contributed by atoms with van der Waals surface area (Å²) in [6.45, 7) is 3.57. The maximum absolute atomic E-state index is 11.4. The molecule has 25 heavy (non-hydrogen) atoms. The number of nitrogens with zero attached hydrogens (tertiary/aromatic N) is 5.